The molecule has 0 spiro atoms. The molecular formula is C19H23N3OS. The zero-order valence-corrected chi connectivity index (χ0v) is 15.2. The van der Waals surface area contributed by atoms with Crippen LogP contribution in [0.25, 0.3) is 16.2 Å². The van der Waals surface area contributed by atoms with Gasteiger partial charge in [-0.2, -0.15) is 0 Å². The Kier molecular flexibility index (Phi) is 4.06. The van der Waals surface area contributed by atoms with Gasteiger partial charge in [-0.1, -0.05) is 18.3 Å². The first-order valence-corrected chi connectivity index (χ1v) is 9.48. The predicted molar refractivity (Wildman–Crippen MR) is 99.1 cm³/mol. The van der Waals surface area contributed by atoms with E-state index in [0.717, 1.165) is 42.3 Å². The van der Waals surface area contributed by atoms with Gasteiger partial charge in [-0.3, -0.25) is 4.40 Å². The summed E-state index contributed by atoms with van der Waals surface area (Å²) in [5, 5.41) is 3.45. The third-order valence-corrected chi connectivity index (χ3v) is 5.49. The zero-order valence-electron chi connectivity index (χ0n) is 14.4. The van der Waals surface area contributed by atoms with Crippen molar-refractivity contribution >= 4 is 16.3 Å². The third-order valence-electron chi connectivity index (χ3n) is 4.41. The molecule has 0 aliphatic carbocycles. The average molecular weight is 341 g/mol. The van der Waals surface area contributed by atoms with E-state index in [-0.39, 0.29) is 6.10 Å². The van der Waals surface area contributed by atoms with E-state index in [1.807, 2.05) is 37.3 Å². The molecule has 3 heterocycles. The van der Waals surface area contributed by atoms with E-state index in [9.17, 15) is 0 Å². The molecule has 0 saturated heterocycles. The molecule has 0 bridgehead atoms. The van der Waals surface area contributed by atoms with Gasteiger partial charge in [0.05, 0.1) is 17.5 Å². The smallest absolute Gasteiger partial charge is 0.194 e. The Morgan fingerprint density at radius 3 is 2.79 bits per heavy atom. The van der Waals surface area contributed by atoms with E-state index in [0.29, 0.717) is 0 Å². The van der Waals surface area contributed by atoms with Gasteiger partial charge in [0.1, 0.15) is 5.75 Å². The molecule has 0 unspecified atom stereocenters. The summed E-state index contributed by atoms with van der Waals surface area (Å²) in [5.74, 6) is 0.913. The molecule has 1 N–H and O–H groups in total. The lowest BCUT2D eigenvalue weighted by atomic mass is 10.1. The van der Waals surface area contributed by atoms with Crippen LogP contribution in [-0.4, -0.2) is 22.0 Å². The molecule has 126 valence electrons. The number of rotatable bonds is 4. The molecule has 4 rings (SSSR count). The predicted octanol–water partition coefficient (Wildman–Crippen LogP) is 4.06. The van der Waals surface area contributed by atoms with Crippen LogP contribution in [0.4, 0.5) is 0 Å². The monoisotopic (exact) mass is 341 g/mol. The van der Waals surface area contributed by atoms with E-state index in [2.05, 4.69) is 28.8 Å². The van der Waals surface area contributed by atoms with Crippen LogP contribution < -0.4 is 10.1 Å². The second-order valence-corrected chi connectivity index (χ2v) is 7.53. The molecule has 1 aliphatic rings. The zero-order chi connectivity index (χ0) is 16.7. The van der Waals surface area contributed by atoms with E-state index in [1.54, 1.807) is 0 Å². The standard InChI is InChI=1S/C19H23N3OS/c1-4-15-18(13-5-7-14(8-6-13)23-12(2)3)21-19-22(15)16-9-10-20-11-17(16)24-19/h5-8,12,20H,4,9-11H2,1-3H3. The number of thiazole rings is 1. The topological polar surface area (TPSA) is 38.6 Å². The maximum absolute atomic E-state index is 5.75. The first-order chi connectivity index (χ1) is 11.7. The minimum atomic E-state index is 0.195. The highest BCUT2D eigenvalue weighted by Gasteiger charge is 2.22. The molecule has 0 amide bonds. The Morgan fingerprint density at radius 1 is 1.29 bits per heavy atom. The van der Waals surface area contributed by atoms with Gasteiger partial charge in [-0.15, -0.1) is 0 Å². The van der Waals surface area contributed by atoms with Crippen LogP contribution in [0.5, 0.6) is 5.75 Å². The van der Waals surface area contributed by atoms with Crippen molar-refractivity contribution in [1.82, 2.24) is 14.7 Å². The number of aryl methyl sites for hydroxylation is 1. The summed E-state index contributed by atoms with van der Waals surface area (Å²) < 4.78 is 8.15. The minimum absolute atomic E-state index is 0.195. The number of nitrogens with one attached hydrogen (secondary N) is 1. The normalized spacial score (nSPS) is 14.3. The molecule has 1 aliphatic heterocycles. The van der Waals surface area contributed by atoms with Gasteiger partial charge in [-0.05, 0) is 44.5 Å². The lowest BCUT2D eigenvalue weighted by molar-refractivity contribution is 0.242. The number of imidazole rings is 1. The number of aromatic nitrogens is 2. The average Bonchev–Trinajstić information content (AvgIpc) is 3.10. The molecule has 3 aromatic rings. The van der Waals surface area contributed by atoms with Crippen molar-refractivity contribution in [3.63, 3.8) is 0 Å². The number of benzene rings is 1. The highest BCUT2D eigenvalue weighted by Crippen LogP contribution is 2.33. The van der Waals surface area contributed by atoms with Gasteiger partial charge >= 0.3 is 0 Å². The first-order valence-electron chi connectivity index (χ1n) is 8.67. The largest absolute Gasteiger partial charge is 0.491 e. The molecule has 5 heteroatoms. The van der Waals surface area contributed by atoms with Gasteiger partial charge in [0.15, 0.2) is 4.96 Å². The Morgan fingerprint density at radius 2 is 2.08 bits per heavy atom. The van der Waals surface area contributed by atoms with Crippen LogP contribution in [0, 0.1) is 0 Å². The van der Waals surface area contributed by atoms with Gasteiger partial charge in [0.2, 0.25) is 0 Å². The summed E-state index contributed by atoms with van der Waals surface area (Å²) in [5.41, 5.74) is 5.05. The lowest BCUT2D eigenvalue weighted by Gasteiger charge is -2.14. The molecule has 0 fully saturated rings. The van der Waals surface area contributed by atoms with Crippen molar-refractivity contribution in [3.05, 3.63) is 40.5 Å². The molecular weight excluding hydrogens is 318 g/mol. The fraction of sp³-hybridized carbons (Fsp3) is 0.421. The molecule has 4 nitrogen and oxygen atoms in total. The second kappa shape index (κ2) is 6.22. The van der Waals surface area contributed by atoms with Crippen molar-refractivity contribution in [2.24, 2.45) is 0 Å². The quantitative estimate of drug-likeness (QED) is 0.778. The Labute approximate surface area is 146 Å². The van der Waals surface area contributed by atoms with Gasteiger partial charge in [-0.25, -0.2) is 4.98 Å². The molecule has 0 radical (unpaired) electrons. The van der Waals surface area contributed by atoms with E-state index in [1.165, 1.54) is 21.8 Å². The van der Waals surface area contributed by atoms with Crippen LogP contribution in [0.2, 0.25) is 0 Å². The van der Waals surface area contributed by atoms with Crippen molar-refractivity contribution in [2.75, 3.05) is 6.54 Å². The fourth-order valence-corrected chi connectivity index (χ4v) is 4.54. The minimum Gasteiger partial charge on any atom is -0.491 e. The molecule has 24 heavy (non-hydrogen) atoms. The lowest BCUT2D eigenvalue weighted by Crippen LogP contribution is -2.23. The number of fused-ring (bicyclic) bond motifs is 3. The highest BCUT2D eigenvalue weighted by atomic mass is 32.1. The van der Waals surface area contributed by atoms with E-state index < -0.39 is 0 Å². The summed E-state index contributed by atoms with van der Waals surface area (Å²) >= 11 is 1.82. The van der Waals surface area contributed by atoms with Crippen molar-refractivity contribution in [3.8, 4) is 17.0 Å². The number of ether oxygens (including phenoxy) is 1. The number of hydrogen-bond donors (Lipinski definition) is 1. The number of hydrogen-bond acceptors (Lipinski definition) is 4. The van der Waals surface area contributed by atoms with Gasteiger partial charge in [0, 0.05) is 35.6 Å². The Hall–Kier alpha value is -1.85. The van der Waals surface area contributed by atoms with Crippen molar-refractivity contribution in [2.45, 2.75) is 46.3 Å². The van der Waals surface area contributed by atoms with Gasteiger partial charge in [0.25, 0.3) is 0 Å². The maximum Gasteiger partial charge on any atom is 0.194 e. The highest BCUT2D eigenvalue weighted by molar-refractivity contribution is 7.17. The molecule has 2 aromatic heterocycles. The summed E-state index contributed by atoms with van der Waals surface area (Å²) in [6, 6.07) is 8.33. The van der Waals surface area contributed by atoms with Crippen molar-refractivity contribution in [1.29, 1.82) is 0 Å². The SMILES string of the molecule is CCc1c(-c2ccc(OC(C)C)cc2)nc2sc3c(n12)CCNC3. The van der Waals surface area contributed by atoms with Crippen LogP contribution in [0.3, 0.4) is 0 Å². The first kappa shape index (κ1) is 15.7. The summed E-state index contributed by atoms with van der Waals surface area (Å²) in [4.78, 5) is 7.52. The van der Waals surface area contributed by atoms with Crippen LogP contribution >= 0.6 is 11.3 Å². The fourth-order valence-electron chi connectivity index (χ4n) is 3.39. The molecule has 0 atom stereocenters. The number of nitrogens with zero attached hydrogens (tertiary/aromatic N) is 2. The summed E-state index contributed by atoms with van der Waals surface area (Å²) in [7, 11) is 0. The molecule has 1 aromatic carbocycles. The van der Waals surface area contributed by atoms with Crippen molar-refractivity contribution < 1.29 is 4.74 Å². The van der Waals surface area contributed by atoms with Gasteiger partial charge < -0.3 is 10.1 Å². The van der Waals surface area contributed by atoms with E-state index >= 15 is 0 Å². The molecule has 0 saturated carbocycles. The second-order valence-electron chi connectivity index (χ2n) is 6.47. The van der Waals surface area contributed by atoms with Crippen LogP contribution in [0.15, 0.2) is 24.3 Å². The Bertz CT molecular complexity index is 861. The van der Waals surface area contributed by atoms with Crippen LogP contribution in [-0.2, 0) is 19.4 Å². The van der Waals surface area contributed by atoms with Crippen LogP contribution in [0.1, 0.15) is 37.0 Å². The maximum atomic E-state index is 5.75. The summed E-state index contributed by atoms with van der Waals surface area (Å²) in [6.07, 6.45) is 2.26. The Balaban J connectivity index is 1.77. The third kappa shape index (κ3) is 2.62. The van der Waals surface area contributed by atoms with E-state index in [4.69, 9.17) is 9.72 Å². The summed E-state index contributed by atoms with van der Waals surface area (Å²) in [6.45, 7) is 8.34.